The fraction of sp³-hybridized carbons (Fsp3) is 0.600. The average Bonchev–Trinajstić information content (AvgIpc) is 2.01. The third-order valence-electron chi connectivity index (χ3n) is 2.26. The third kappa shape index (κ3) is 2.13. The molecule has 0 aromatic carbocycles. The normalized spacial score (nSPS) is 27.0. The van der Waals surface area contributed by atoms with Crippen molar-refractivity contribution >= 4 is 11.8 Å². The maximum absolute atomic E-state index is 11.4. The molecule has 0 saturated heterocycles. The lowest BCUT2D eigenvalue weighted by Crippen LogP contribution is -2.31. The second kappa shape index (κ2) is 4.26. The lowest BCUT2D eigenvalue weighted by atomic mass is 9.83. The molecule has 0 bridgehead atoms. The smallest absolute Gasteiger partial charge is 0.316 e. The minimum atomic E-state index is -0.673. The van der Waals surface area contributed by atoms with Crippen LogP contribution < -0.4 is 0 Å². The number of hydrogen-bond acceptors (Lipinski definition) is 4. The Hall–Kier alpha value is -1.32. The minimum Gasteiger partial charge on any atom is -0.511 e. The van der Waals surface area contributed by atoms with Gasteiger partial charge in [-0.2, -0.15) is 0 Å². The molecule has 14 heavy (non-hydrogen) atoms. The summed E-state index contributed by atoms with van der Waals surface area (Å²) in [5.74, 6) is -1.64. The standard InChI is InChI=1S/C10H14O4/c1-3-14-10(13)9-6(2)4-7(11)5-8(9)12/h5-6,9,12H,3-4H2,1-2H3. The van der Waals surface area contributed by atoms with Crippen molar-refractivity contribution in [2.24, 2.45) is 11.8 Å². The first-order valence-corrected chi connectivity index (χ1v) is 4.66. The Morgan fingerprint density at radius 1 is 1.71 bits per heavy atom. The molecular formula is C10H14O4. The van der Waals surface area contributed by atoms with Crippen LogP contribution in [0.5, 0.6) is 0 Å². The van der Waals surface area contributed by atoms with Crippen molar-refractivity contribution in [3.05, 3.63) is 11.8 Å². The number of allylic oxidation sites excluding steroid dienone is 1. The highest BCUT2D eigenvalue weighted by molar-refractivity contribution is 5.93. The van der Waals surface area contributed by atoms with E-state index in [4.69, 9.17) is 4.74 Å². The van der Waals surface area contributed by atoms with Crippen molar-refractivity contribution in [1.29, 1.82) is 0 Å². The molecule has 2 atom stereocenters. The first-order chi connectivity index (χ1) is 6.56. The summed E-state index contributed by atoms with van der Waals surface area (Å²) in [7, 11) is 0. The molecule has 4 nitrogen and oxygen atoms in total. The summed E-state index contributed by atoms with van der Waals surface area (Å²) in [5.41, 5.74) is 0. The topological polar surface area (TPSA) is 63.6 Å². The second-order valence-corrected chi connectivity index (χ2v) is 3.45. The summed E-state index contributed by atoms with van der Waals surface area (Å²) >= 11 is 0. The highest BCUT2D eigenvalue weighted by Crippen LogP contribution is 2.28. The molecule has 0 spiro atoms. The summed E-state index contributed by atoms with van der Waals surface area (Å²) in [4.78, 5) is 22.4. The zero-order valence-corrected chi connectivity index (χ0v) is 8.32. The molecule has 0 fully saturated rings. The third-order valence-corrected chi connectivity index (χ3v) is 2.26. The zero-order chi connectivity index (χ0) is 10.7. The van der Waals surface area contributed by atoms with Gasteiger partial charge in [-0.05, 0) is 12.8 Å². The van der Waals surface area contributed by atoms with Gasteiger partial charge in [-0.3, -0.25) is 9.59 Å². The number of ketones is 1. The molecule has 0 aliphatic heterocycles. The van der Waals surface area contributed by atoms with Gasteiger partial charge in [0.15, 0.2) is 5.78 Å². The van der Waals surface area contributed by atoms with Gasteiger partial charge in [-0.25, -0.2) is 0 Å². The first kappa shape index (κ1) is 10.8. The Labute approximate surface area is 82.6 Å². The van der Waals surface area contributed by atoms with Gasteiger partial charge in [0.2, 0.25) is 0 Å². The molecule has 1 aliphatic rings. The molecule has 2 unspecified atom stereocenters. The molecule has 0 aromatic heterocycles. The van der Waals surface area contributed by atoms with Gasteiger partial charge in [-0.1, -0.05) is 6.92 Å². The Balaban J connectivity index is 2.81. The van der Waals surface area contributed by atoms with Gasteiger partial charge in [0, 0.05) is 12.5 Å². The summed E-state index contributed by atoms with van der Waals surface area (Å²) in [5, 5.41) is 9.45. The van der Waals surface area contributed by atoms with E-state index in [-0.39, 0.29) is 30.5 Å². The Kier molecular flexibility index (Phi) is 3.28. The maximum atomic E-state index is 11.4. The van der Waals surface area contributed by atoms with Crippen LogP contribution in [-0.2, 0) is 14.3 Å². The molecule has 4 heteroatoms. The van der Waals surface area contributed by atoms with E-state index in [0.29, 0.717) is 0 Å². The van der Waals surface area contributed by atoms with Gasteiger partial charge in [-0.15, -0.1) is 0 Å². The zero-order valence-electron chi connectivity index (χ0n) is 8.32. The minimum absolute atomic E-state index is 0.143. The van der Waals surface area contributed by atoms with Crippen molar-refractivity contribution in [3.63, 3.8) is 0 Å². The monoisotopic (exact) mass is 198 g/mol. The van der Waals surface area contributed by atoms with Crippen LogP contribution in [-0.4, -0.2) is 23.5 Å². The number of ether oxygens (including phenoxy) is 1. The number of rotatable bonds is 2. The van der Waals surface area contributed by atoms with E-state index in [1.165, 1.54) is 0 Å². The van der Waals surface area contributed by atoms with E-state index >= 15 is 0 Å². The number of esters is 1. The average molecular weight is 198 g/mol. The molecule has 78 valence electrons. The SMILES string of the molecule is CCOC(=O)C1C(O)=CC(=O)CC1C. The van der Waals surface area contributed by atoms with Gasteiger partial charge < -0.3 is 9.84 Å². The molecule has 0 aromatic rings. The van der Waals surface area contributed by atoms with Crippen LogP contribution >= 0.6 is 0 Å². The Bertz CT molecular complexity index is 280. The fourth-order valence-electron chi connectivity index (χ4n) is 1.63. The summed E-state index contributed by atoms with van der Waals surface area (Å²) in [6.07, 6.45) is 1.40. The summed E-state index contributed by atoms with van der Waals surface area (Å²) < 4.78 is 4.81. The predicted molar refractivity (Wildman–Crippen MR) is 49.6 cm³/mol. The number of aliphatic hydroxyl groups is 1. The highest BCUT2D eigenvalue weighted by atomic mass is 16.5. The van der Waals surface area contributed by atoms with E-state index in [9.17, 15) is 14.7 Å². The van der Waals surface area contributed by atoms with Gasteiger partial charge >= 0.3 is 5.97 Å². The molecular weight excluding hydrogens is 184 g/mol. The van der Waals surface area contributed by atoms with Gasteiger partial charge in [0.05, 0.1) is 6.61 Å². The lowest BCUT2D eigenvalue weighted by Gasteiger charge is -2.24. The fourth-order valence-corrected chi connectivity index (χ4v) is 1.63. The number of carbonyl (C=O) groups excluding carboxylic acids is 2. The van der Waals surface area contributed by atoms with Gasteiger partial charge in [0.25, 0.3) is 0 Å². The van der Waals surface area contributed by atoms with Crippen molar-refractivity contribution in [2.45, 2.75) is 20.3 Å². The molecule has 0 saturated carbocycles. The van der Waals surface area contributed by atoms with Crippen LogP contribution in [0, 0.1) is 11.8 Å². The molecule has 0 heterocycles. The Morgan fingerprint density at radius 3 is 2.86 bits per heavy atom. The van der Waals surface area contributed by atoms with Crippen LogP contribution in [0.3, 0.4) is 0 Å². The lowest BCUT2D eigenvalue weighted by molar-refractivity contribution is -0.149. The van der Waals surface area contributed by atoms with E-state index < -0.39 is 11.9 Å². The number of hydrogen-bond donors (Lipinski definition) is 1. The van der Waals surface area contributed by atoms with Crippen LogP contribution in [0.2, 0.25) is 0 Å². The number of carbonyl (C=O) groups is 2. The van der Waals surface area contributed by atoms with Gasteiger partial charge in [0.1, 0.15) is 11.7 Å². The van der Waals surface area contributed by atoms with Crippen LogP contribution in [0.25, 0.3) is 0 Å². The quantitative estimate of drug-likeness (QED) is 0.677. The highest BCUT2D eigenvalue weighted by Gasteiger charge is 2.34. The van der Waals surface area contributed by atoms with Crippen LogP contribution in [0.15, 0.2) is 11.8 Å². The second-order valence-electron chi connectivity index (χ2n) is 3.45. The molecule has 1 N–H and O–H groups in total. The van der Waals surface area contributed by atoms with E-state index in [1.807, 2.05) is 0 Å². The number of aliphatic hydroxyl groups excluding tert-OH is 1. The molecule has 1 rings (SSSR count). The summed E-state index contributed by atoms with van der Waals surface area (Å²) in [6.45, 7) is 3.74. The van der Waals surface area contributed by atoms with E-state index in [0.717, 1.165) is 6.08 Å². The van der Waals surface area contributed by atoms with Crippen LogP contribution in [0.4, 0.5) is 0 Å². The van der Waals surface area contributed by atoms with Crippen molar-refractivity contribution in [2.75, 3.05) is 6.61 Å². The predicted octanol–water partition coefficient (Wildman–Crippen LogP) is 1.22. The molecule has 1 aliphatic carbocycles. The Morgan fingerprint density at radius 2 is 2.36 bits per heavy atom. The van der Waals surface area contributed by atoms with Crippen molar-refractivity contribution in [1.82, 2.24) is 0 Å². The van der Waals surface area contributed by atoms with E-state index in [2.05, 4.69) is 0 Å². The van der Waals surface area contributed by atoms with Crippen molar-refractivity contribution in [3.8, 4) is 0 Å². The summed E-state index contributed by atoms with van der Waals surface area (Å²) in [6, 6.07) is 0. The molecule has 0 radical (unpaired) electrons. The van der Waals surface area contributed by atoms with Crippen molar-refractivity contribution < 1.29 is 19.4 Å². The largest absolute Gasteiger partial charge is 0.511 e. The molecule has 0 amide bonds. The van der Waals surface area contributed by atoms with E-state index in [1.54, 1.807) is 13.8 Å². The van der Waals surface area contributed by atoms with Crippen LogP contribution in [0.1, 0.15) is 20.3 Å². The maximum Gasteiger partial charge on any atom is 0.316 e. The first-order valence-electron chi connectivity index (χ1n) is 4.66.